The van der Waals surface area contributed by atoms with E-state index in [4.69, 9.17) is 0 Å². The Bertz CT molecular complexity index is 478. The van der Waals surface area contributed by atoms with E-state index in [1.807, 2.05) is 0 Å². The predicted octanol–water partition coefficient (Wildman–Crippen LogP) is 4.51. The fraction of sp³-hybridized carbons (Fsp3) is 0.300. The lowest BCUT2D eigenvalue weighted by Crippen LogP contribution is -2.42. The molecule has 1 aromatic rings. The Morgan fingerprint density at radius 1 is 1.05 bits per heavy atom. The van der Waals surface area contributed by atoms with Gasteiger partial charge in [0, 0.05) is 0 Å². The lowest BCUT2D eigenvalue weighted by Gasteiger charge is -2.21. The molecule has 0 spiro atoms. The highest BCUT2D eigenvalue weighted by molar-refractivity contribution is 9.10. The summed E-state index contributed by atoms with van der Waals surface area (Å²) in [5, 5.41) is 0. The van der Waals surface area contributed by atoms with Gasteiger partial charge in [-0.15, -0.1) is 0 Å². The number of halogens is 8. The molecule has 0 bridgehead atoms. The summed E-state index contributed by atoms with van der Waals surface area (Å²) in [5.41, 5.74) is -1.27. The minimum Gasteiger partial charge on any atom is -0.293 e. The third-order valence-corrected chi connectivity index (χ3v) is 2.75. The third-order valence-electron chi connectivity index (χ3n) is 2.13. The molecule has 0 N–H and O–H groups in total. The molecule has 0 aliphatic carbocycles. The van der Waals surface area contributed by atoms with Crippen molar-refractivity contribution in [2.75, 3.05) is 0 Å². The first-order chi connectivity index (χ1) is 8.46. The van der Waals surface area contributed by atoms with Crippen molar-refractivity contribution in [1.29, 1.82) is 0 Å². The molecule has 0 atom stereocenters. The van der Waals surface area contributed by atoms with Gasteiger partial charge in [0.05, 0.1) is 10.0 Å². The summed E-state index contributed by atoms with van der Waals surface area (Å²) in [6, 6.07) is 2.57. The first-order valence-electron chi connectivity index (χ1n) is 4.58. The van der Waals surface area contributed by atoms with E-state index in [0.717, 1.165) is 12.1 Å². The Kier molecular flexibility index (Phi) is 4.28. The number of hydrogen-bond acceptors (Lipinski definition) is 1. The number of hydrogen-bond donors (Lipinski definition) is 0. The molecular formula is C10H4BrF7O. The van der Waals surface area contributed by atoms with Crippen molar-refractivity contribution in [1.82, 2.24) is 0 Å². The number of rotatable bonds is 2. The van der Waals surface area contributed by atoms with Crippen molar-refractivity contribution in [2.45, 2.75) is 12.4 Å². The van der Waals surface area contributed by atoms with E-state index in [1.165, 1.54) is 0 Å². The molecule has 0 saturated heterocycles. The van der Waals surface area contributed by atoms with Crippen LogP contribution in [0.3, 0.4) is 0 Å². The van der Waals surface area contributed by atoms with Crippen LogP contribution in [-0.4, -0.2) is 18.1 Å². The molecule has 0 saturated carbocycles. The largest absolute Gasteiger partial charge is 0.407 e. The maximum Gasteiger partial charge on any atom is 0.407 e. The lowest BCUT2D eigenvalue weighted by molar-refractivity contribution is -0.264. The zero-order valence-corrected chi connectivity index (χ0v) is 10.3. The molecular weight excluding hydrogens is 349 g/mol. The van der Waals surface area contributed by atoms with E-state index in [2.05, 4.69) is 15.9 Å². The second-order valence-electron chi connectivity index (χ2n) is 3.48. The summed E-state index contributed by atoms with van der Waals surface area (Å²) in [4.78, 5) is 11.3. The van der Waals surface area contributed by atoms with Crippen LogP contribution in [0.5, 0.6) is 0 Å². The minimum absolute atomic E-state index is 0.401. The van der Waals surface area contributed by atoms with Gasteiger partial charge in [-0.25, -0.2) is 4.39 Å². The average molecular weight is 353 g/mol. The zero-order chi connectivity index (χ0) is 15.0. The molecule has 0 radical (unpaired) electrons. The maximum absolute atomic E-state index is 13.4. The van der Waals surface area contributed by atoms with Crippen molar-refractivity contribution in [3.8, 4) is 0 Å². The molecule has 0 aliphatic heterocycles. The van der Waals surface area contributed by atoms with Crippen molar-refractivity contribution < 1.29 is 35.5 Å². The van der Waals surface area contributed by atoms with Crippen molar-refractivity contribution in [3.05, 3.63) is 34.1 Å². The number of alkyl halides is 6. The number of carbonyl (C=O) groups excluding carboxylic acids is 1. The van der Waals surface area contributed by atoms with Gasteiger partial charge in [0.2, 0.25) is 5.92 Å². The van der Waals surface area contributed by atoms with Crippen LogP contribution < -0.4 is 0 Å². The highest BCUT2D eigenvalue weighted by Gasteiger charge is 2.61. The van der Waals surface area contributed by atoms with Crippen LogP contribution >= 0.6 is 15.9 Å². The van der Waals surface area contributed by atoms with Crippen LogP contribution in [0.1, 0.15) is 10.4 Å². The summed E-state index contributed by atoms with van der Waals surface area (Å²) in [7, 11) is 0. The van der Waals surface area contributed by atoms with Crippen LogP contribution in [-0.2, 0) is 0 Å². The van der Waals surface area contributed by atoms with Gasteiger partial charge in [0.1, 0.15) is 5.82 Å². The molecule has 106 valence electrons. The highest BCUT2D eigenvalue weighted by Crippen LogP contribution is 2.41. The van der Waals surface area contributed by atoms with Gasteiger partial charge in [-0.3, -0.25) is 4.79 Å². The standard InChI is InChI=1S/C10H4BrF7O/c11-5-3-1-2-4(6(5)12)7(19)8(9(13,14)15)10(16,17)18/h1-3,8H. The Hall–Kier alpha value is -1.12. The molecule has 0 aromatic heterocycles. The number of carbonyl (C=O) groups is 1. The zero-order valence-electron chi connectivity index (χ0n) is 8.74. The fourth-order valence-corrected chi connectivity index (χ4v) is 1.70. The highest BCUT2D eigenvalue weighted by atomic mass is 79.9. The number of Topliss-reactive ketones (excluding diaryl/α,β-unsaturated/α-hetero) is 1. The van der Waals surface area contributed by atoms with Gasteiger partial charge in [-0.1, -0.05) is 6.07 Å². The minimum atomic E-state index is -5.84. The van der Waals surface area contributed by atoms with Gasteiger partial charge in [-0.2, -0.15) is 26.3 Å². The molecule has 9 heteroatoms. The van der Waals surface area contributed by atoms with E-state index in [1.54, 1.807) is 0 Å². The predicted molar refractivity (Wildman–Crippen MR) is 54.0 cm³/mol. The van der Waals surface area contributed by atoms with Crippen molar-refractivity contribution in [3.63, 3.8) is 0 Å². The molecule has 1 rings (SSSR count). The molecule has 1 aromatic carbocycles. The topological polar surface area (TPSA) is 17.1 Å². The molecule has 1 nitrogen and oxygen atoms in total. The molecule has 0 unspecified atom stereocenters. The van der Waals surface area contributed by atoms with Gasteiger partial charge < -0.3 is 0 Å². The monoisotopic (exact) mass is 352 g/mol. The SMILES string of the molecule is O=C(c1cccc(Br)c1F)C(C(F)(F)F)C(F)(F)F. The van der Waals surface area contributed by atoms with E-state index < -0.39 is 39.9 Å². The lowest BCUT2D eigenvalue weighted by atomic mass is 9.96. The molecule has 0 fully saturated rings. The smallest absolute Gasteiger partial charge is 0.293 e. The maximum atomic E-state index is 13.4. The normalized spacial score (nSPS) is 12.9. The molecule has 0 heterocycles. The number of ketones is 1. The summed E-state index contributed by atoms with van der Waals surface area (Å²) in [6.45, 7) is 0. The van der Waals surface area contributed by atoms with Crippen LogP contribution in [0.15, 0.2) is 22.7 Å². The Labute approximate surface area is 110 Å². The van der Waals surface area contributed by atoms with E-state index in [9.17, 15) is 35.5 Å². The second kappa shape index (κ2) is 5.10. The van der Waals surface area contributed by atoms with E-state index in [0.29, 0.717) is 6.07 Å². The van der Waals surface area contributed by atoms with Gasteiger partial charge in [0.15, 0.2) is 5.78 Å². The van der Waals surface area contributed by atoms with Crippen LogP contribution in [0.25, 0.3) is 0 Å². The first kappa shape index (κ1) is 15.9. The Morgan fingerprint density at radius 3 is 1.95 bits per heavy atom. The fourth-order valence-electron chi connectivity index (χ4n) is 1.33. The van der Waals surface area contributed by atoms with Crippen LogP contribution in [0.4, 0.5) is 30.7 Å². The molecule has 0 amide bonds. The first-order valence-corrected chi connectivity index (χ1v) is 5.37. The Morgan fingerprint density at radius 2 is 1.53 bits per heavy atom. The second-order valence-corrected chi connectivity index (χ2v) is 4.34. The Balaban J connectivity index is 3.33. The third kappa shape index (κ3) is 3.46. The van der Waals surface area contributed by atoms with Gasteiger partial charge >= 0.3 is 12.4 Å². The summed E-state index contributed by atoms with van der Waals surface area (Å²) in [6.07, 6.45) is -11.7. The van der Waals surface area contributed by atoms with Crippen LogP contribution in [0.2, 0.25) is 0 Å². The summed E-state index contributed by atoms with van der Waals surface area (Å²) in [5.74, 6) is -8.09. The van der Waals surface area contributed by atoms with Crippen molar-refractivity contribution in [2.24, 2.45) is 5.92 Å². The average Bonchev–Trinajstić information content (AvgIpc) is 2.17. The van der Waals surface area contributed by atoms with Crippen molar-refractivity contribution >= 4 is 21.7 Å². The van der Waals surface area contributed by atoms with Crippen LogP contribution in [0, 0.1) is 11.7 Å². The van der Waals surface area contributed by atoms with Gasteiger partial charge in [0.25, 0.3) is 0 Å². The molecule has 0 aliphatic rings. The molecule has 19 heavy (non-hydrogen) atoms. The number of benzene rings is 1. The van der Waals surface area contributed by atoms with Gasteiger partial charge in [-0.05, 0) is 28.1 Å². The van der Waals surface area contributed by atoms with E-state index in [-0.39, 0.29) is 0 Å². The van der Waals surface area contributed by atoms with E-state index >= 15 is 0 Å². The quantitative estimate of drug-likeness (QED) is 0.565. The summed E-state index contributed by atoms with van der Waals surface area (Å²) < 4.78 is 86.8. The summed E-state index contributed by atoms with van der Waals surface area (Å²) >= 11 is 2.57.